The third kappa shape index (κ3) is 5.18. The van der Waals surface area contributed by atoms with Gasteiger partial charge in [0.1, 0.15) is 0 Å². The average molecular weight is 489 g/mol. The number of carboxylic acids is 1. The van der Waals surface area contributed by atoms with Crippen molar-refractivity contribution in [3.63, 3.8) is 0 Å². The number of hydrogen-bond acceptors (Lipinski definition) is 4. The zero-order chi connectivity index (χ0) is 25.8. The zero-order valence-electron chi connectivity index (χ0n) is 20.2. The molecule has 0 unspecified atom stereocenters. The van der Waals surface area contributed by atoms with Crippen molar-refractivity contribution < 1.29 is 19.1 Å². The summed E-state index contributed by atoms with van der Waals surface area (Å²) >= 11 is 0. The molecule has 0 amide bonds. The predicted octanol–water partition coefficient (Wildman–Crippen LogP) is 6.76. The van der Waals surface area contributed by atoms with E-state index in [1.165, 1.54) is 0 Å². The third-order valence-corrected chi connectivity index (χ3v) is 5.99. The van der Waals surface area contributed by atoms with E-state index in [1.807, 2.05) is 115 Å². The summed E-state index contributed by atoms with van der Waals surface area (Å²) in [5.41, 5.74) is 4.42. The summed E-state index contributed by atoms with van der Waals surface area (Å²) in [5, 5.41) is 9.70. The quantitative estimate of drug-likeness (QED) is 0.244. The van der Waals surface area contributed by atoms with Crippen molar-refractivity contribution in [3.05, 3.63) is 131 Å². The first kappa shape index (κ1) is 23.8. The number of hydrogen-bond donors (Lipinski definition) is 1. The zero-order valence-corrected chi connectivity index (χ0v) is 20.2. The average Bonchev–Trinajstić information content (AvgIpc) is 3.57. The number of allylic oxidation sites excluding steroid dienone is 1. The van der Waals surface area contributed by atoms with Crippen molar-refractivity contribution >= 4 is 17.8 Å². The molecule has 0 aliphatic heterocycles. The van der Waals surface area contributed by atoms with Crippen LogP contribution in [0.1, 0.15) is 37.7 Å². The molecule has 5 rings (SSSR count). The Balaban J connectivity index is 1.37. The molecule has 2 heterocycles. The lowest BCUT2D eigenvalue weighted by Crippen LogP contribution is -2.09. The highest BCUT2D eigenvalue weighted by atomic mass is 16.4. The third-order valence-electron chi connectivity index (χ3n) is 5.99. The normalized spacial score (nSPS) is 11.2. The molecule has 3 aromatic carbocycles. The maximum Gasteiger partial charge on any atom is 0.358 e. The van der Waals surface area contributed by atoms with Gasteiger partial charge >= 0.3 is 5.97 Å². The maximum absolute atomic E-state index is 13.0. The van der Waals surface area contributed by atoms with Crippen LogP contribution in [0, 0.1) is 6.92 Å². The minimum Gasteiger partial charge on any atom is -0.476 e. The van der Waals surface area contributed by atoms with E-state index in [1.54, 1.807) is 6.07 Å². The Kier molecular flexibility index (Phi) is 6.64. The van der Waals surface area contributed by atoms with E-state index >= 15 is 0 Å². The van der Waals surface area contributed by atoms with Crippen LogP contribution in [-0.2, 0) is 6.54 Å². The van der Waals surface area contributed by atoms with E-state index in [9.17, 15) is 14.7 Å². The van der Waals surface area contributed by atoms with Crippen LogP contribution >= 0.6 is 0 Å². The number of aromatic carboxylic acids is 1. The van der Waals surface area contributed by atoms with Gasteiger partial charge in [0.2, 0.25) is 11.7 Å². The van der Waals surface area contributed by atoms with E-state index in [2.05, 4.69) is 4.98 Å². The van der Waals surface area contributed by atoms with E-state index in [-0.39, 0.29) is 23.1 Å². The van der Waals surface area contributed by atoms with Gasteiger partial charge in [0.05, 0.1) is 5.69 Å². The Bertz CT molecular complexity index is 1590. The van der Waals surface area contributed by atoms with Crippen LogP contribution in [-0.4, -0.2) is 26.4 Å². The second kappa shape index (κ2) is 10.3. The fourth-order valence-electron chi connectivity index (χ4n) is 4.08. The van der Waals surface area contributed by atoms with Gasteiger partial charge < -0.3 is 14.1 Å². The van der Waals surface area contributed by atoms with E-state index in [0.29, 0.717) is 28.9 Å². The highest BCUT2D eigenvalue weighted by Gasteiger charge is 2.21. The molecular weight excluding hydrogens is 464 g/mol. The van der Waals surface area contributed by atoms with Gasteiger partial charge in [0, 0.05) is 29.4 Å². The van der Waals surface area contributed by atoms with Gasteiger partial charge in [-0.05, 0) is 42.8 Å². The molecule has 182 valence electrons. The molecule has 2 aromatic heterocycles. The fourth-order valence-corrected chi connectivity index (χ4v) is 4.08. The van der Waals surface area contributed by atoms with Crippen LogP contribution in [0.4, 0.5) is 0 Å². The molecule has 6 nitrogen and oxygen atoms in total. The van der Waals surface area contributed by atoms with Crippen molar-refractivity contribution in [2.75, 3.05) is 0 Å². The summed E-state index contributed by atoms with van der Waals surface area (Å²) in [7, 11) is 0. The fraction of sp³-hybridized carbons (Fsp3) is 0.0645. The molecule has 1 N–H and O–H groups in total. The van der Waals surface area contributed by atoms with Gasteiger partial charge in [-0.25, -0.2) is 9.78 Å². The Labute approximate surface area is 214 Å². The number of carbonyl (C=O) groups excluding carboxylic acids is 1. The van der Waals surface area contributed by atoms with Crippen molar-refractivity contribution in [3.8, 4) is 22.8 Å². The second-order valence-corrected chi connectivity index (χ2v) is 8.64. The van der Waals surface area contributed by atoms with Crippen LogP contribution in [0.15, 0.2) is 108 Å². The molecule has 0 spiro atoms. The van der Waals surface area contributed by atoms with E-state index in [4.69, 9.17) is 4.42 Å². The van der Waals surface area contributed by atoms with Crippen molar-refractivity contribution in [1.82, 2.24) is 9.55 Å². The first-order valence-corrected chi connectivity index (χ1v) is 11.8. The van der Waals surface area contributed by atoms with Gasteiger partial charge in [0.15, 0.2) is 11.5 Å². The molecule has 37 heavy (non-hydrogen) atoms. The number of aromatic nitrogens is 2. The highest BCUT2D eigenvalue weighted by Crippen LogP contribution is 2.30. The molecule has 0 aliphatic carbocycles. The minimum atomic E-state index is -1.15. The maximum atomic E-state index is 13.0. The van der Waals surface area contributed by atoms with Crippen LogP contribution in [0.3, 0.4) is 0 Å². The van der Waals surface area contributed by atoms with Gasteiger partial charge in [-0.2, -0.15) is 0 Å². The van der Waals surface area contributed by atoms with Crippen LogP contribution in [0.5, 0.6) is 0 Å². The lowest BCUT2D eigenvalue weighted by atomic mass is 10.1. The van der Waals surface area contributed by atoms with Crippen LogP contribution in [0.25, 0.3) is 28.9 Å². The number of benzene rings is 3. The number of nitrogens with zero attached hydrogens (tertiary/aromatic N) is 2. The van der Waals surface area contributed by atoms with Gasteiger partial charge in [-0.1, -0.05) is 78.4 Å². The monoisotopic (exact) mass is 488 g/mol. The molecular formula is C31H24N2O4. The second-order valence-electron chi connectivity index (χ2n) is 8.64. The number of ketones is 1. The smallest absolute Gasteiger partial charge is 0.358 e. The van der Waals surface area contributed by atoms with Crippen LogP contribution in [0.2, 0.25) is 0 Å². The summed E-state index contributed by atoms with van der Waals surface area (Å²) in [6.07, 6.45) is 5.76. The van der Waals surface area contributed by atoms with Gasteiger partial charge in [-0.15, -0.1) is 0 Å². The first-order valence-electron chi connectivity index (χ1n) is 11.8. The summed E-state index contributed by atoms with van der Waals surface area (Å²) in [6.45, 7) is 2.49. The van der Waals surface area contributed by atoms with Crippen LogP contribution < -0.4 is 0 Å². The van der Waals surface area contributed by atoms with Crippen molar-refractivity contribution in [1.29, 1.82) is 0 Å². The largest absolute Gasteiger partial charge is 0.476 e. The summed E-state index contributed by atoms with van der Waals surface area (Å²) in [4.78, 5) is 29.0. The number of oxazole rings is 1. The molecule has 0 radical (unpaired) electrons. The summed E-state index contributed by atoms with van der Waals surface area (Å²) < 4.78 is 7.80. The Morgan fingerprint density at radius 1 is 0.919 bits per heavy atom. The molecule has 0 aliphatic rings. The standard InChI is InChI=1S/C31H24N2O4/c1-21-14-16-23(17-15-21)28(34)26-13-7-19-33(26)18-6-9-22-8-5-12-25(20-22)29-27(31(35)36)32-30(37-29)24-10-3-2-4-11-24/h2-17,19-20H,18H2,1H3,(H,35,36)/b9-6+. The molecule has 0 saturated heterocycles. The summed E-state index contributed by atoms with van der Waals surface area (Å²) in [5.74, 6) is -0.716. The van der Waals surface area contributed by atoms with E-state index in [0.717, 1.165) is 11.1 Å². The Morgan fingerprint density at radius 2 is 1.68 bits per heavy atom. The lowest BCUT2D eigenvalue weighted by molar-refractivity contribution is 0.0691. The molecule has 0 bridgehead atoms. The number of carbonyl (C=O) groups is 2. The van der Waals surface area contributed by atoms with Crippen molar-refractivity contribution in [2.45, 2.75) is 13.5 Å². The van der Waals surface area contributed by atoms with Gasteiger partial charge in [-0.3, -0.25) is 4.79 Å². The van der Waals surface area contributed by atoms with E-state index < -0.39 is 5.97 Å². The topological polar surface area (TPSA) is 85.3 Å². The minimum absolute atomic E-state index is 0.0267. The number of rotatable bonds is 8. The number of aryl methyl sites for hydroxylation is 1. The number of carboxylic acid groups (broad SMARTS) is 1. The molecule has 0 fully saturated rings. The van der Waals surface area contributed by atoms with Gasteiger partial charge in [0.25, 0.3) is 0 Å². The van der Waals surface area contributed by atoms with Crippen molar-refractivity contribution in [2.24, 2.45) is 0 Å². The summed E-state index contributed by atoms with van der Waals surface area (Å²) in [6, 6.07) is 27.8. The molecule has 0 saturated carbocycles. The Morgan fingerprint density at radius 3 is 2.43 bits per heavy atom. The first-order chi connectivity index (χ1) is 18.0. The molecule has 0 atom stereocenters. The lowest BCUT2D eigenvalue weighted by Gasteiger charge is -2.06. The molecule has 6 heteroatoms. The predicted molar refractivity (Wildman–Crippen MR) is 142 cm³/mol. The SMILES string of the molecule is Cc1ccc(C(=O)c2cccn2C/C=C/c2cccc(-c3oc(-c4ccccc4)nc3C(=O)O)c2)cc1. The molecule has 5 aromatic rings. The highest BCUT2D eigenvalue weighted by molar-refractivity contribution is 6.08. The Hall–Kier alpha value is -4.97.